The Morgan fingerprint density at radius 3 is 2.15 bits per heavy atom. The molecule has 0 fully saturated rings. The predicted molar refractivity (Wildman–Crippen MR) is 89.8 cm³/mol. The largest absolute Gasteiger partial charge is 0.355 e. The van der Waals surface area contributed by atoms with Crippen LogP contribution in [0.3, 0.4) is 0 Å². The highest BCUT2D eigenvalue weighted by Gasteiger charge is 2.46. The van der Waals surface area contributed by atoms with Gasteiger partial charge in [-0.15, -0.1) is 0 Å². The predicted octanol–water partition coefficient (Wildman–Crippen LogP) is 2.83. The Morgan fingerprint density at radius 1 is 1.10 bits per heavy atom. The molecule has 1 atom stereocenters. The molecule has 5 heteroatoms. The van der Waals surface area contributed by atoms with Crippen LogP contribution >= 0.6 is 20.7 Å². The summed E-state index contributed by atoms with van der Waals surface area (Å²) in [6.45, 7) is 8.33. The van der Waals surface area contributed by atoms with Crippen LogP contribution in [-0.2, 0) is 10.8 Å². The van der Waals surface area contributed by atoms with E-state index in [0.717, 1.165) is 0 Å². The fourth-order valence-corrected chi connectivity index (χ4v) is 3.66. The molecule has 0 amide bonds. The molecule has 1 unspecified atom stereocenters. The Labute approximate surface area is 125 Å². The SMILES string of the molecule is CN(P)c1c(C(C)(C)C(C)(C)c2ccsc2)c(=O)c1=O. The van der Waals surface area contributed by atoms with E-state index in [1.807, 2.05) is 19.2 Å². The fourth-order valence-electron chi connectivity index (χ4n) is 2.59. The van der Waals surface area contributed by atoms with Crippen LogP contribution in [0.2, 0.25) is 0 Å². The molecule has 0 bridgehead atoms. The van der Waals surface area contributed by atoms with Crippen molar-refractivity contribution in [1.82, 2.24) is 0 Å². The van der Waals surface area contributed by atoms with Gasteiger partial charge in [-0.3, -0.25) is 9.59 Å². The van der Waals surface area contributed by atoms with E-state index in [9.17, 15) is 9.59 Å². The first-order chi connectivity index (χ1) is 9.12. The zero-order valence-electron chi connectivity index (χ0n) is 12.5. The van der Waals surface area contributed by atoms with E-state index in [0.29, 0.717) is 11.3 Å². The number of nitrogens with zero attached hydrogens (tertiary/aromatic N) is 1. The van der Waals surface area contributed by atoms with Crippen molar-refractivity contribution in [2.75, 3.05) is 11.7 Å². The van der Waals surface area contributed by atoms with E-state index in [1.54, 1.807) is 23.1 Å². The molecule has 1 aromatic heterocycles. The minimum Gasteiger partial charge on any atom is -0.355 e. The molecular weight excluding hydrogens is 289 g/mol. The number of hydrogen-bond donors (Lipinski definition) is 0. The second-order valence-electron chi connectivity index (χ2n) is 6.25. The maximum Gasteiger partial charge on any atom is 0.249 e. The summed E-state index contributed by atoms with van der Waals surface area (Å²) in [4.78, 5) is 23.9. The number of thiophene rings is 1. The van der Waals surface area contributed by atoms with E-state index in [4.69, 9.17) is 0 Å². The molecule has 0 spiro atoms. The van der Waals surface area contributed by atoms with Gasteiger partial charge in [-0.05, 0) is 37.2 Å². The van der Waals surface area contributed by atoms with Gasteiger partial charge >= 0.3 is 0 Å². The Balaban J connectivity index is 2.60. The van der Waals surface area contributed by atoms with E-state index in [-0.39, 0.29) is 16.3 Å². The highest BCUT2D eigenvalue weighted by atomic mass is 32.1. The molecule has 3 nitrogen and oxygen atoms in total. The summed E-state index contributed by atoms with van der Waals surface area (Å²) in [6, 6.07) is 2.09. The van der Waals surface area contributed by atoms with E-state index < -0.39 is 5.41 Å². The molecule has 0 saturated heterocycles. The van der Waals surface area contributed by atoms with Crippen molar-refractivity contribution in [3.8, 4) is 0 Å². The van der Waals surface area contributed by atoms with Crippen LogP contribution in [-0.4, -0.2) is 7.05 Å². The molecule has 1 heterocycles. The Hall–Kier alpha value is -0.990. The van der Waals surface area contributed by atoms with Gasteiger partial charge in [-0.25, -0.2) is 0 Å². The average Bonchev–Trinajstić information content (AvgIpc) is 2.87. The van der Waals surface area contributed by atoms with Gasteiger partial charge in [0, 0.05) is 18.0 Å². The second kappa shape index (κ2) is 4.78. The Kier molecular flexibility index (Phi) is 3.68. The lowest BCUT2D eigenvalue weighted by Crippen LogP contribution is -2.51. The van der Waals surface area contributed by atoms with Crippen LogP contribution in [0.25, 0.3) is 0 Å². The quantitative estimate of drug-likeness (QED) is 0.644. The lowest BCUT2D eigenvalue weighted by molar-refractivity contribution is 0.300. The molecule has 1 aromatic carbocycles. The number of anilines is 1. The first kappa shape index (κ1) is 15.4. The van der Waals surface area contributed by atoms with Gasteiger partial charge in [0.05, 0.1) is 5.69 Å². The Bertz CT molecular complexity index is 692. The highest BCUT2D eigenvalue weighted by Crippen LogP contribution is 2.46. The van der Waals surface area contributed by atoms with E-state index in [1.165, 1.54) is 5.56 Å². The number of rotatable bonds is 4. The molecule has 0 aliphatic rings. The topological polar surface area (TPSA) is 37.4 Å². The van der Waals surface area contributed by atoms with Gasteiger partial charge in [0.15, 0.2) is 0 Å². The standard InChI is InChI=1S/C15H20NO2PS/c1-14(2,9-6-7-20-8-9)15(3,4)10-11(16(5)19)13(18)12(10)17/h6-8H,19H2,1-5H3. The first-order valence-electron chi connectivity index (χ1n) is 6.47. The molecule has 0 saturated carbocycles. The lowest BCUT2D eigenvalue weighted by Gasteiger charge is -2.43. The third-order valence-electron chi connectivity index (χ3n) is 4.67. The lowest BCUT2D eigenvalue weighted by atomic mass is 9.60. The first-order valence-corrected chi connectivity index (χ1v) is 7.93. The smallest absolute Gasteiger partial charge is 0.249 e. The Morgan fingerprint density at radius 2 is 1.70 bits per heavy atom. The maximum absolute atomic E-state index is 12.1. The van der Waals surface area contributed by atoms with Crippen molar-refractivity contribution < 1.29 is 0 Å². The van der Waals surface area contributed by atoms with Gasteiger partial charge < -0.3 is 4.67 Å². The van der Waals surface area contributed by atoms with Crippen LogP contribution in [0.5, 0.6) is 0 Å². The van der Waals surface area contributed by atoms with Gasteiger partial charge in [0.25, 0.3) is 0 Å². The van der Waals surface area contributed by atoms with Crippen LogP contribution < -0.4 is 15.5 Å². The van der Waals surface area contributed by atoms with Crippen molar-refractivity contribution in [1.29, 1.82) is 0 Å². The fraction of sp³-hybridized carbons (Fsp3) is 0.467. The van der Waals surface area contributed by atoms with E-state index in [2.05, 4.69) is 34.7 Å². The van der Waals surface area contributed by atoms with Gasteiger partial charge in [-0.1, -0.05) is 27.7 Å². The summed E-state index contributed by atoms with van der Waals surface area (Å²) in [5.74, 6) is 0. The van der Waals surface area contributed by atoms with Crippen LogP contribution in [0.15, 0.2) is 26.4 Å². The van der Waals surface area contributed by atoms with Crippen LogP contribution in [0, 0.1) is 0 Å². The summed E-state index contributed by atoms with van der Waals surface area (Å²) < 4.78 is 1.67. The summed E-state index contributed by atoms with van der Waals surface area (Å²) in [5.41, 5.74) is 0.973. The van der Waals surface area contributed by atoms with Crippen molar-refractivity contribution in [2.45, 2.75) is 38.5 Å². The number of hydrogen-bond acceptors (Lipinski definition) is 4. The summed E-state index contributed by atoms with van der Waals surface area (Å²) >= 11 is 1.65. The zero-order chi connectivity index (χ0) is 15.3. The van der Waals surface area contributed by atoms with Crippen molar-refractivity contribution in [2.24, 2.45) is 0 Å². The summed E-state index contributed by atoms with van der Waals surface area (Å²) in [7, 11) is 4.24. The van der Waals surface area contributed by atoms with Gasteiger partial charge in [0.1, 0.15) is 0 Å². The molecule has 108 valence electrons. The minimum atomic E-state index is -0.417. The molecule has 0 N–H and O–H groups in total. The van der Waals surface area contributed by atoms with E-state index >= 15 is 0 Å². The normalized spacial score (nSPS) is 12.9. The average molecular weight is 309 g/mol. The van der Waals surface area contributed by atoms with Crippen molar-refractivity contribution in [3.05, 3.63) is 48.4 Å². The van der Waals surface area contributed by atoms with Crippen molar-refractivity contribution in [3.63, 3.8) is 0 Å². The summed E-state index contributed by atoms with van der Waals surface area (Å²) in [6.07, 6.45) is 0. The molecule has 2 aromatic rings. The molecular formula is C15H20NO2PS. The highest BCUT2D eigenvalue weighted by molar-refractivity contribution is 7.19. The summed E-state index contributed by atoms with van der Waals surface area (Å²) in [5, 5.41) is 4.15. The monoisotopic (exact) mass is 309 g/mol. The van der Waals surface area contributed by atoms with Crippen molar-refractivity contribution >= 4 is 26.4 Å². The molecule has 0 radical (unpaired) electrons. The van der Waals surface area contributed by atoms with Crippen LogP contribution in [0.4, 0.5) is 5.69 Å². The molecule has 20 heavy (non-hydrogen) atoms. The van der Waals surface area contributed by atoms with Gasteiger partial charge in [0.2, 0.25) is 10.9 Å². The molecule has 0 aliphatic carbocycles. The maximum atomic E-state index is 12.1. The third kappa shape index (κ3) is 1.97. The molecule has 2 rings (SSSR count). The van der Waals surface area contributed by atoms with Crippen LogP contribution in [0.1, 0.15) is 38.8 Å². The third-order valence-corrected chi connectivity index (χ3v) is 5.61. The molecule has 0 aliphatic heterocycles. The second-order valence-corrected chi connectivity index (χ2v) is 7.81. The van der Waals surface area contributed by atoms with Gasteiger partial charge in [-0.2, -0.15) is 11.3 Å². The zero-order valence-corrected chi connectivity index (χ0v) is 14.5. The minimum absolute atomic E-state index is 0.232.